The van der Waals surface area contributed by atoms with Gasteiger partial charge in [-0.3, -0.25) is 0 Å². The molecule has 3 aromatic rings. The van der Waals surface area contributed by atoms with Gasteiger partial charge in [0.15, 0.2) is 0 Å². The molecule has 1 aliphatic heterocycles. The fourth-order valence-electron chi connectivity index (χ4n) is 3.47. The topological polar surface area (TPSA) is 98.1 Å². The lowest BCUT2D eigenvalue weighted by molar-refractivity contribution is 0.381. The summed E-state index contributed by atoms with van der Waals surface area (Å²) in [7, 11) is -4.07. The zero-order valence-corrected chi connectivity index (χ0v) is 15.0. The summed E-state index contributed by atoms with van der Waals surface area (Å²) < 4.78 is 27.9. The van der Waals surface area contributed by atoms with Crippen molar-refractivity contribution in [3.8, 4) is 17.2 Å². The molecule has 1 unspecified atom stereocenters. The molecule has 27 heavy (non-hydrogen) atoms. The summed E-state index contributed by atoms with van der Waals surface area (Å²) in [5, 5.41) is 29.4. The van der Waals surface area contributed by atoms with Crippen molar-refractivity contribution in [3.05, 3.63) is 83.4 Å². The van der Waals surface area contributed by atoms with Gasteiger partial charge in [0.2, 0.25) is 10.0 Å². The third-order valence-electron chi connectivity index (χ3n) is 4.68. The maximum absolute atomic E-state index is 13.3. The maximum Gasteiger partial charge on any atom is 0.247 e. The standard InChI is InChI=1S/C20H17NO5S/c22-15-6-8-17-14(10-15)12-21(20(17)13-4-2-1-3-5-13)27(25,26)19-9-7-16(23)11-18(19)24/h1-11,20,22-24H,12H2. The lowest BCUT2D eigenvalue weighted by atomic mass is 9.98. The molecule has 6 nitrogen and oxygen atoms in total. The molecule has 4 rings (SSSR count). The number of benzene rings is 3. The molecule has 0 radical (unpaired) electrons. The summed E-state index contributed by atoms with van der Waals surface area (Å²) in [6, 6.07) is 16.8. The van der Waals surface area contributed by atoms with Crippen LogP contribution in [-0.4, -0.2) is 28.0 Å². The largest absolute Gasteiger partial charge is 0.508 e. The zero-order chi connectivity index (χ0) is 19.2. The summed E-state index contributed by atoms with van der Waals surface area (Å²) in [5.74, 6) is -0.673. The van der Waals surface area contributed by atoms with Crippen molar-refractivity contribution in [1.82, 2.24) is 4.31 Å². The Morgan fingerprint density at radius 1 is 0.852 bits per heavy atom. The normalized spacial score (nSPS) is 17.0. The molecule has 0 amide bonds. The van der Waals surface area contributed by atoms with Gasteiger partial charge in [-0.2, -0.15) is 4.31 Å². The third-order valence-corrected chi connectivity index (χ3v) is 6.54. The molecule has 3 aromatic carbocycles. The molecule has 7 heteroatoms. The van der Waals surface area contributed by atoms with Gasteiger partial charge in [-0.1, -0.05) is 36.4 Å². The van der Waals surface area contributed by atoms with Gasteiger partial charge in [0.25, 0.3) is 0 Å². The van der Waals surface area contributed by atoms with E-state index >= 15 is 0 Å². The van der Waals surface area contributed by atoms with Crippen molar-refractivity contribution in [2.45, 2.75) is 17.5 Å². The van der Waals surface area contributed by atoms with Crippen molar-refractivity contribution in [2.75, 3.05) is 0 Å². The molecule has 1 atom stereocenters. The summed E-state index contributed by atoms with van der Waals surface area (Å²) in [6.07, 6.45) is 0. The minimum Gasteiger partial charge on any atom is -0.508 e. The van der Waals surface area contributed by atoms with E-state index in [1.807, 2.05) is 30.3 Å². The molecule has 1 aliphatic rings. The number of nitrogens with zero attached hydrogens (tertiary/aromatic N) is 1. The molecule has 3 N–H and O–H groups in total. The number of hydrogen-bond acceptors (Lipinski definition) is 5. The lowest BCUT2D eigenvalue weighted by Gasteiger charge is -2.25. The van der Waals surface area contributed by atoms with Gasteiger partial charge >= 0.3 is 0 Å². The van der Waals surface area contributed by atoms with Crippen LogP contribution in [0.3, 0.4) is 0 Å². The molecule has 0 saturated carbocycles. The molecular formula is C20H17NO5S. The van der Waals surface area contributed by atoms with Crippen LogP contribution in [0.2, 0.25) is 0 Å². The number of sulfonamides is 1. The fourth-order valence-corrected chi connectivity index (χ4v) is 5.10. The molecule has 138 valence electrons. The van der Waals surface area contributed by atoms with Gasteiger partial charge < -0.3 is 15.3 Å². The molecule has 0 fully saturated rings. The molecule has 0 saturated heterocycles. The quantitative estimate of drug-likeness (QED) is 0.646. The molecular weight excluding hydrogens is 366 g/mol. The Morgan fingerprint density at radius 2 is 1.52 bits per heavy atom. The Labute approximate surface area is 156 Å². The zero-order valence-electron chi connectivity index (χ0n) is 14.1. The van der Waals surface area contributed by atoms with E-state index in [9.17, 15) is 23.7 Å². The predicted octanol–water partition coefficient (Wildman–Crippen LogP) is 3.10. The van der Waals surface area contributed by atoms with Gasteiger partial charge in [-0.25, -0.2) is 8.42 Å². The highest BCUT2D eigenvalue weighted by Crippen LogP contribution is 2.44. The van der Waals surface area contributed by atoms with Crippen LogP contribution < -0.4 is 0 Å². The van der Waals surface area contributed by atoms with Crippen LogP contribution in [-0.2, 0) is 16.6 Å². The number of aromatic hydroxyl groups is 3. The predicted molar refractivity (Wildman–Crippen MR) is 98.9 cm³/mol. The van der Waals surface area contributed by atoms with E-state index in [2.05, 4.69) is 0 Å². The van der Waals surface area contributed by atoms with Crippen LogP contribution in [0.1, 0.15) is 22.7 Å². The van der Waals surface area contributed by atoms with Gasteiger partial charge in [-0.05, 0) is 41.0 Å². The van der Waals surface area contributed by atoms with Crippen molar-refractivity contribution >= 4 is 10.0 Å². The van der Waals surface area contributed by atoms with Crippen LogP contribution in [0.25, 0.3) is 0 Å². The van der Waals surface area contributed by atoms with Gasteiger partial charge in [0.05, 0.1) is 6.04 Å². The molecule has 0 aromatic heterocycles. The SMILES string of the molecule is O=S(=O)(c1ccc(O)cc1O)N1Cc2cc(O)ccc2C1c1ccccc1. The van der Waals surface area contributed by atoms with E-state index in [0.29, 0.717) is 5.56 Å². The summed E-state index contributed by atoms with van der Waals surface area (Å²) in [4.78, 5) is -0.279. The molecule has 0 aliphatic carbocycles. The second-order valence-electron chi connectivity index (χ2n) is 6.40. The fraction of sp³-hybridized carbons (Fsp3) is 0.100. The summed E-state index contributed by atoms with van der Waals surface area (Å²) >= 11 is 0. The first-order valence-corrected chi connectivity index (χ1v) is 9.72. The molecule has 0 spiro atoms. The minimum absolute atomic E-state index is 0.0615. The Balaban J connectivity index is 1.88. The van der Waals surface area contributed by atoms with E-state index in [0.717, 1.165) is 17.2 Å². The number of rotatable bonds is 3. The van der Waals surface area contributed by atoms with Crippen molar-refractivity contribution in [3.63, 3.8) is 0 Å². The molecule has 0 bridgehead atoms. The monoisotopic (exact) mass is 383 g/mol. The summed E-state index contributed by atoms with van der Waals surface area (Å²) in [5.41, 5.74) is 2.26. The van der Waals surface area contributed by atoms with Crippen LogP contribution in [0, 0.1) is 0 Å². The highest BCUT2D eigenvalue weighted by Gasteiger charge is 2.41. The molecule has 1 heterocycles. The number of fused-ring (bicyclic) bond motifs is 1. The van der Waals surface area contributed by atoms with E-state index in [1.165, 1.54) is 22.5 Å². The highest BCUT2D eigenvalue weighted by molar-refractivity contribution is 7.89. The van der Waals surface area contributed by atoms with Crippen molar-refractivity contribution in [2.24, 2.45) is 0 Å². The van der Waals surface area contributed by atoms with Crippen molar-refractivity contribution in [1.29, 1.82) is 0 Å². The second-order valence-corrected chi connectivity index (χ2v) is 8.26. The first-order chi connectivity index (χ1) is 12.9. The Bertz CT molecular complexity index is 1110. The second kappa shape index (κ2) is 6.29. The highest BCUT2D eigenvalue weighted by atomic mass is 32.2. The Hall–Kier alpha value is -3.03. The van der Waals surface area contributed by atoms with Gasteiger partial charge in [-0.15, -0.1) is 0 Å². The van der Waals surface area contributed by atoms with Crippen LogP contribution >= 0.6 is 0 Å². The van der Waals surface area contributed by atoms with E-state index in [1.54, 1.807) is 12.1 Å². The average Bonchev–Trinajstić information content (AvgIpc) is 3.01. The van der Waals surface area contributed by atoms with Crippen LogP contribution in [0.5, 0.6) is 17.2 Å². The van der Waals surface area contributed by atoms with E-state index in [4.69, 9.17) is 0 Å². The third kappa shape index (κ3) is 2.90. The Morgan fingerprint density at radius 3 is 2.22 bits per heavy atom. The smallest absolute Gasteiger partial charge is 0.247 e. The maximum atomic E-state index is 13.3. The first kappa shape index (κ1) is 17.4. The van der Waals surface area contributed by atoms with E-state index in [-0.39, 0.29) is 22.9 Å². The van der Waals surface area contributed by atoms with Crippen LogP contribution in [0.4, 0.5) is 0 Å². The first-order valence-electron chi connectivity index (χ1n) is 8.28. The Kier molecular flexibility index (Phi) is 4.05. The van der Waals surface area contributed by atoms with Crippen molar-refractivity contribution < 1.29 is 23.7 Å². The number of phenolic OH excluding ortho intramolecular Hbond substituents is 3. The average molecular weight is 383 g/mol. The lowest BCUT2D eigenvalue weighted by Crippen LogP contribution is -2.30. The van der Waals surface area contributed by atoms with E-state index < -0.39 is 21.8 Å². The van der Waals surface area contributed by atoms with Crippen LogP contribution in [0.15, 0.2) is 71.6 Å². The minimum atomic E-state index is -4.07. The van der Waals surface area contributed by atoms with Gasteiger partial charge in [0.1, 0.15) is 22.1 Å². The number of phenols is 3. The number of hydrogen-bond donors (Lipinski definition) is 3. The summed E-state index contributed by atoms with van der Waals surface area (Å²) in [6.45, 7) is 0.0615. The van der Waals surface area contributed by atoms with Gasteiger partial charge in [0, 0.05) is 12.6 Å².